The second kappa shape index (κ2) is 7.07. The second-order valence-corrected chi connectivity index (χ2v) is 6.56. The largest absolute Gasteiger partial charge is 0.448 e. The topological polar surface area (TPSA) is 46.7 Å². The van der Waals surface area contributed by atoms with E-state index in [1.54, 1.807) is 19.1 Å². The Morgan fingerprint density at radius 1 is 1.12 bits per heavy atom. The van der Waals surface area contributed by atoms with Crippen molar-refractivity contribution in [2.45, 2.75) is 20.0 Å². The van der Waals surface area contributed by atoms with Crippen LogP contribution in [0.3, 0.4) is 0 Å². The highest BCUT2D eigenvalue weighted by Gasteiger charge is 2.19. The van der Waals surface area contributed by atoms with Gasteiger partial charge in [0.15, 0.2) is 17.2 Å². The van der Waals surface area contributed by atoms with Gasteiger partial charge in [-0.15, -0.1) is 0 Å². The predicted molar refractivity (Wildman–Crippen MR) is 95.0 cm³/mol. The first-order valence-corrected chi connectivity index (χ1v) is 8.28. The third-order valence-corrected chi connectivity index (χ3v) is 4.16. The van der Waals surface area contributed by atoms with Crippen LogP contribution in [0.1, 0.15) is 27.2 Å². The molecule has 0 aliphatic carbocycles. The minimum atomic E-state index is -0.460. The molecule has 0 fully saturated rings. The SMILES string of the molecule is Cc1c(C(=O)NCc2ccc(C[NH+](C)C)cc2)oc2c(F)cccc12. The smallest absolute Gasteiger partial charge is 0.287 e. The van der Waals surface area contributed by atoms with E-state index in [0.717, 1.165) is 12.1 Å². The molecule has 1 heterocycles. The Hall–Kier alpha value is -2.66. The number of carbonyl (C=O) groups is 1. The van der Waals surface area contributed by atoms with Crippen molar-refractivity contribution in [2.24, 2.45) is 0 Å². The van der Waals surface area contributed by atoms with Crippen molar-refractivity contribution < 1.29 is 18.5 Å². The van der Waals surface area contributed by atoms with Gasteiger partial charge >= 0.3 is 0 Å². The van der Waals surface area contributed by atoms with Crippen LogP contribution in [0.5, 0.6) is 0 Å². The molecule has 0 bridgehead atoms. The minimum absolute atomic E-state index is 0.126. The number of para-hydroxylation sites is 1. The Kier molecular flexibility index (Phi) is 4.86. The summed E-state index contributed by atoms with van der Waals surface area (Å²) < 4.78 is 19.2. The van der Waals surface area contributed by atoms with Gasteiger partial charge in [0.2, 0.25) is 0 Å². The lowest BCUT2D eigenvalue weighted by Crippen LogP contribution is -3.04. The highest BCUT2D eigenvalue weighted by molar-refractivity contribution is 5.98. The van der Waals surface area contributed by atoms with Crippen LogP contribution in [0.4, 0.5) is 4.39 Å². The molecular formula is C20H22FN2O2+. The van der Waals surface area contributed by atoms with Crippen molar-refractivity contribution in [1.82, 2.24) is 5.32 Å². The third kappa shape index (κ3) is 3.72. The van der Waals surface area contributed by atoms with Gasteiger partial charge in [0.05, 0.1) is 14.1 Å². The zero-order valence-electron chi connectivity index (χ0n) is 14.7. The number of quaternary nitrogens is 1. The maximum absolute atomic E-state index is 13.8. The second-order valence-electron chi connectivity index (χ2n) is 6.56. The highest BCUT2D eigenvalue weighted by atomic mass is 19.1. The number of aryl methyl sites for hydroxylation is 1. The van der Waals surface area contributed by atoms with E-state index in [0.29, 0.717) is 17.5 Å². The van der Waals surface area contributed by atoms with Gasteiger partial charge in [-0.25, -0.2) is 4.39 Å². The normalized spacial score (nSPS) is 11.2. The molecule has 3 rings (SSSR count). The fourth-order valence-electron chi connectivity index (χ4n) is 2.87. The lowest BCUT2D eigenvalue weighted by molar-refractivity contribution is -0.872. The first kappa shape index (κ1) is 17.2. The van der Waals surface area contributed by atoms with Crippen molar-refractivity contribution in [1.29, 1.82) is 0 Å². The molecule has 25 heavy (non-hydrogen) atoms. The van der Waals surface area contributed by atoms with Crippen molar-refractivity contribution in [3.8, 4) is 0 Å². The zero-order chi connectivity index (χ0) is 18.0. The molecule has 130 valence electrons. The molecular weight excluding hydrogens is 319 g/mol. The van der Waals surface area contributed by atoms with E-state index in [4.69, 9.17) is 4.42 Å². The maximum Gasteiger partial charge on any atom is 0.287 e. The number of halogens is 1. The Morgan fingerprint density at radius 3 is 2.44 bits per heavy atom. The van der Waals surface area contributed by atoms with Crippen molar-refractivity contribution in [3.63, 3.8) is 0 Å². The summed E-state index contributed by atoms with van der Waals surface area (Å²) in [5.74, 6) is -0.638. The first-order valence-electron chi connectivity index (χ1n) is 8.28. The average molecular weight is 341 g/mol. The molecule has 0 radical (unpaired) electrons. The molecule has 0 saturated heterocycles. The number of fused-ring (bicyclic) bond motifs is 1. The van der Waals surface area contributed by atoms with Gasteiger partial charge in [-0.2, -0.15) is 0 Å². The van der Waals surface area contributed by atoms with E-state index in [1.807, 2.05) is 12.1 Å². The van der Waals surface area contributed by atoms with Gasteiger partial charge in [-0.1, -0.05) is 36.4 Å². The summed E-state index contributed by atoms with van der Waals surface area (Å²) in [4.78, 5) is 13.8. The Balaban J connectivity index is 1.71. The van der Waals surface area contributed by atoms with Crippen LogP contribution in [0.15, 0.2) is 46.9 Å². The predicted octanol–water partition coefficient (Wildman–Crippen LogP) is 2.45. The van der Waals surface area contributed by atoms with Crippen LogP contribution in [-0.4, -0.2) is 20.0 Å². The number of rotatable bonds is 5. The van der Waals surface area contributed by atoms with Gasteiger partial charge in [0.25, 0.3) is 5.91 Å². The number of benzene rings is 2. The van der Waals surface area contributed by atoms with Crippen LogP contribution in [0.25, 0.3) is 11.0 Å². The van der Waals surface area contributed by atoms with Gasteiger partial charge < -0.3 is 14.6 Å². The number of nitrogens with one attached hydrogen (secondary N) is 2. The number of furan rings is 1. The third-order valence-electron chi connectivity index (χ3n) is 4.16. The monoisotopic (exact) mass is 341 g/mol. The fourth-order valence-corrected chi connectivity index (χ4v) is 2.87. The van der Waals surface area contributed by atoms with E-state index >= 15 is 0 Å². The molecule has 1 amide bonds. The summed E-state index contributed by atoms with van der Waals surface area (Å²) in [5.41, 5.74) is 3.03. The lowest BCUT2D eigenvalue weighted by Gasteiger charge is -2.08. The van der Waals surface area contributed by atoms with E-state index in [1.165, 1.54) is 16.5 Å². The molecule has 0 saturated carbocycles. The number of carbonyl (C=O) groups excluding carboxylic acids is 1. The van der Waals surface area contributed by atoms with Crippen LogP contribution in [0, 0.1) is 12.7 Å². The fraction of sp³-hybridized carbons (Fsp3) is 0.250. The van der Waals surface area contributed by atoms with Crippen LogP contribution >= 0.6 is 0 Å². The molecule has 2 aromatic carbocycles. The summed E-state index contributed by atoms with van der Waals surface area (Å²) in [6.07, 6.45) is 0. The number of hydrogen-bond acceptors (Lipinski definition) is 2. The quantitative estimate of drug-likeness (QED) is 0.749. The molecule has 0 unspecified atom stereocenters. The van der Waals surface area contributed by atoms with E-state index in [-0.39, 0.29) is 17.3 Å². The molecule has 3 aromatic rings. The Labute approximate surface area is 146 Å². The lowest BCUT2D eigenvalue weighted by atomic mass is 10.1. The summed E-state index contributed by atoms with van der Waals surface area (Å²) in [6, 6.07) is 12.8. The Morgan fingerprint density at radius 2 is 1.80 bits per heavy atom. The van der Waals surface area contributed by atoms with Crippen LogP contribution < -0.4 is 10.2 Å². The van der Waals surface area contributed by atoms with Crippen molar-refractivity contribution >= 4 is 16.9 Å². The van der Waals surface area contributed by atoms with Gasteiger partial charge in [0.1, 0.15) is 6.54 Å². The van der Waals surface area contributed by atoms with Crippen LogP contribution in [-0.2, 0) is 13.1 Å². The molecule has 4 nitrogen and oxygen atoms in total. The molecule has 5 heteroatoms. The summed E-state index contributed by atoms with van der Waals surface area (Å²) in [7, 11) is 4.21. The summed E-state index contributed by atoms with van der Waals surface area (Å²) >= 11 is 0. The van der Waals surface area contributed by atoms with E-state index in [9.17, 15) is 9.18 Å². The molecule has 2 N–H and O–H groups in total. The van der Waals surface area contributed by atoms with E-state index in [2.05, 4.69) is 31.5 Å². The van der Waals surface area contributed by atoms with Crippen LogP contribution in [0.2, 0.25) is 0 Å². The van der Waals surface area contributed by atoms with E-state index < -0.39 is 5.82 Å². The Bertz CT molecular complexity index is 898. The number of amides is 1. The maximum atomic E-state index is 13.8. The summed E-state index contributed by atoms with van der Waals surface area (Å²) in [6.45, 7) is 3.11. The standard InChI is InChI=1S/C20H21FN2O2/c1-13-16-5-4-6-17(21)19(16)25-18(13)20(24)22-11-14-7-9-15(10-8-14)12-23(2)3/h4-10H,11-12H2,1-3H3,(H,22,24)/p+1. The molecule has 0 aliphatic heterocycles. The van der Waals surface area contributed by atoms with Crippen molar-refractivity contribution in [3.05, 3.63) is 70.7 Å². The minimum Gasteiger partial charge on any atom is -0.448 e. The molecule has 0 spiro atoms. The van der Waals surface area contributed by atoms with Gasteiger partial charge in [0, 0.05) is 23.1 Å². The summed E-state index contributed by atoms with van der Waals surface area (Å²) in [5, 5.41) is 3.46. The van der Waals surface area contributed by atoms with Crippen molar-refractivity contribution in [2.75, 3.05) is 14.1 Å². The zero-order valence-corrected chi connectivity index (χ0v) is 14.7. The molecule has 0 atom stereocenters. The molecule has 1 aromatic heterocycles. The number of hydrogen-bond donors (Lipinski definition) is 2. The van der Waals surface area contributed by atoms with Gasteiger partial charge in [-0.05, 0) is 18.6 Å². The first-order chi connectivity index (χ1) is 12.0. The molecule has 0 aliphatic rings. The van der Waals surface area contributed by atoms with Gasteiger partial charge in [-0.3, -0.25) is 4.79 Å². The average Bonchev–Trinajstić information content (AvgIpc) is 2.92. The highest BCUT2D eigenvalue weighted by Crippen LogP contribution is 2.27.